The van der Waals surface area contributed by atoms with Crippen molar-refractivity contribution in [3.8, 4) is 11.5 Å². The maximum atomic E-state index is 13.7. The topological polar surface area (TPSA) is 42.8 Å². The molecule has 0 heterocycles. The van der Waals surface area contributed by atoms with Crippen LogP contribution in [0.1, 0.15) is 18.1 Å². The van der Waals surface area contributed by atoms with Crippen LogP contribution in [0.25, 0.3) is 0 Å². The molecule has 0 aliphatic rings. The van der Waals surface area contributed by atoms with Gasteiger partial charge in [-0.25, -0.2) is 22.0 Å². The number of hydrazone groups is 1. The van der Waals surface area contributed by atoms with E-state index in [1.807, 2.05) is 29.7 Å². The molecule has 0 aromatic heterocycles. The lowest BCUT2D eigenvalue weighted by atomic mass is 10.2. The summed E-state index contributed by atoms with van der Waals surface area (Å²) in [6, 6.07) is 12.3. The highest BCUT2D eigenvalue weighted by Crippen LogP contribution is 2.30. The third-order valence-corrected chi connectivity index (χ3v) is 4.70. The van der Waals surface area contributed by atoms with E-state index in [4.69, 9.17) is 9.47 Å². The lowest BCUT2D eigenvalue weighted by Crippen LogP contribution is -2.06. The molecule has 0 amide bonds. The van der Waals surface area contributed by atoms with E-state index in [2.05, 4.69) is 21.0 Å². The van der Waals surface area contributed by atoms with Gasteiger partial charge in [0.1, 0.15) is 12.3 Å². The summed E-state index contributed by atoms with van der Waals surface area (Å²) in [5.41, 5.74) is 1.97. The molecular weight excluding hydrogens is 499 g/mol. The van der Waals surface area contributed by atoms with Crippen molar-refractivity contribution in [2.45, 2.75) is 13.5 Å². The van der Waals surface area contributed by atoms with E-state index < -0.39 is 34.8 Å². The molecule has 0 bridgehead atoms. The van der Waals surface area contributed by atoms with Gasteiger partial charge in [-0.1, -0.05) is 28.1 Å². The quantitative estimate of drug-likeness (QED) is 0.121. The highest BCUT2D eigenvalue weighted by atomic mass is 79.9. The highest BCUT2D eigenvalue weighted by Gasteiger charge is 2.25. The summed E-state index contributed by atoms with van der Waals surface area (Å²) >= 11 is 3.36. The number of anilines is 1. The van der Waals surface area contributed by atoms with Crippen LogP contribution in [0.15, 0.2) is 52.0 Å². The number of hydrogen-bond donors (Lipinski definition) is 1. The van der Waals surface area contributed by atoms with Gasteiger partial charge >= 0.3 is 0 Å². The molecule has 0 unspecified atom stereocenters. The number of halogens is 6. The second kappa shape index (κ2) is 10.4. The van der Waals surface area contributed by atoms with Gasteiger partial charge in [0.25, 0.3) is 0 Å². The molecule has 0 aliphatic heterocycles. The fourth-order valence-corrected chi connectivity index (χ4v) is 2.87. The van der Waals surface area contributed by atoms with Crippen LogP contribution in [0.5, 0.6) is 11.5 Å². The van der Waals surface area contributed by atoms with Crippen LogP contribution in [-0.4, -0.2) is 12.8 Å². The summed E-state index contributed by atoms with van der Waals surface area (Å²) in [6.45, 7) is 2.42. The van der Waals surface area contributed by atoms with E-state index in [-0.39, 0.29) is 0 Å². The first-order valence-corrected chi connectivity index (χ1v) is 10.1. The van der Waals surface area contributed by atoms with Gasteiger partial charge in [0.2, 0.25) is 5.82 Å². The van der Waals surface area contributed by atoms with Gasteiger partial charge in [-0.15, -0.1) is 0 Å². The zero-order chi connectivity index (χ0) is 23.3. The number of nitrogens with zero attached hydrogens (tertiary/aromatic N) is 1. The molecule has 1 N–H and O–H groups in total. The van der Waals surface area contributed by atoms with Gasteiger partial charge in [-0.3, -0.25) is 5.43 Å². The van der Waals surface area contributed by atoms with Gasteiger partial charge in [-0.2, -0.15) is 5.10 Å². The average Bonchev–Trinajstić information content (AvgIpc) is 2.79. The van der Waals surface area contributed by atoms with E-state index in [1.165, 1.54) is 0 Å². The summed E-state index contributed by atoms with van der Waals surface area (Å²) in [7, 11) is 0. The summed E-state index contributed by atoms with van der Waals surface area (Å²) < 4.78 is 79.3. The van der Waals surface area contributed by atoms with Crippen molar-refractivity contribution in [1.29, 1.82) is 0 Å². The fraction of sp³-hybridized carbons (Fsp3) is 0.136. The standard InChI is InChI=1S/C22H16BrF5N2O2/c1-2-31-16-9-13(5-8-15(16)32-11-12-3-6-14(23)7-4-12)10-29-30-22-20(27)18(25)17(24)19(26)21(22)28/h3-10,30H,2,11H2,1H3/b29-10+. The van der Waals surface area contributed by atoms with Gasteiger partial charge in [0, 0.05) is 4.47 Å². The second-order valence-electron chi connectivity index (χ2n) is 6.37. The zero-order valence-corrected chi connectivity index (χ0v) is 18.2. The monoisotopic (exact) mass is 514 g/mol. The van der Waals surface area contributed by atoms with Crippen molar-refractivity contribution >= 4 is 27.8 Å². The Balaban J connectivity index is 1.75. The Morgan fingerprint density at radius 1 is 0.844 bits per heavy atom. The Labute approximate surface area is 188 Å². The molecule has 3 rings (SSSR count). The van der Waals surface area contributed by atoms with Crippen LogP contribution >= 0.6 is 15.9 Å². The third kappa shape index (κ3) is 5.37. The van der Waals surface area contributed by atoms with Crippen LogP contribution in [0.2, 0.25) is 0 Å². The minimum absolute atomic E-state index is 0.294. The van der Waals surface area contributed by atoms with Crippen molar-refractivity contribution in [3.05, 3.63) is 87.2 Å². The molecule has 0 aliphatic carbocycles. The molecule has 3 aromatic carbocycles. The first kappa shape index (κ1) is 23.5. The van der Waals surface area contributed by atoms with Crippen molar-refractivity contribution in [3.63, 3.8) is 0 Å². The molecule has 0 spiro atoms. The van der Waals surface area contributed by atoms with Crippen molar-refractivity contribution in [2.24, 2.45) is 5.10 Å². The summed E-state index contributed by atoms with van der Waals surface area (Å²) in [4.78, 5) is 0. The average molecular weight is 515 g/mol. The molecular formula is C22H16BrF5N2O2. The maximum Gasteiger partial charge on any atom is 0.200 e. The first-order valence-electron chi connectivity index (χ1n) is 9.26. The number of nitrogens with one attached hydrogen (secondary N) is 1. The largest absolute Gasteiger partial charge is 0.490 e. The lowest BCUT2D eigenvalue weighted by Gasteiger charge is -2.13. The molecule has 4 nitrogen and oxygen atoms in total. The minimum atomic E-state index is -2.24. The second-order valence-corrected chi connectivity index (χ2v) is 7.28. The molecule has 3 aromatic rings. The van der Waals surface area contributed by atoms with Crippen LogP contribution < -0.4 is 14.9 Å². The van der Waals surface area contributed by atoms with Gasteiger partial charge in [0.05, 0.1) is 12.8 Å². The van der Waals surface area contributed by atoms with Crippen molar-refractivity contribution in [2.75, 3.05) is 12.0 Å². The highest BCUT2D eigenvalue weighted by molar-refractivity contribution is 9.10. The fourth-order valence-electron chi connectivity index (χ4n) is 2.61. The number of benzene rings is 3. The van der Waals surface area contributed by atoms with Crippen molar-refractivity contribution < 1.29 is 31.4 Å². The maximum absolute atomic E-state index is 13.7. The van der Waals surface area contributed by atoms with E-state index in [1.54, 1.807) is 25.1 Å². The van der Waals surface area contributed by atoms with Crippen molar-refractivity contribution in [1.82, 2.24) is 0 Å². The Morgan fingerprint density at radius 2 is 1.47 bits per heavy atom. The Kier molecular flexibility index (Phi) is 7.68. The summed E-state index contributed by atoms with van der Waals surface area (Å²) in [5, 5.41) is 3.57. The smallest absolute Gasteiger partial charge is 0.200 e. The summed E-state index contributed by atoms with van der Waals surface area (Å²) in [6.07, 6.45) is 1.14. The Hall–Kier alpha value is -3.14. The zero-order valence-electron chi connectivity index (χ0n) is 16.6. The van der Waals surface area contributed by atoms with Crippen LogP contribution in [0, 0.1) is 29.1 Å². The Morgan fingerprint density at radius 3 is 2.09 bits per heavy atom. The first-order chi connectivity index (χ1) is 15.3. The van der Waals surface area contributed by atoms with Gasteiger partial charge < -0.3 is 9.47 Å². The molecule has 0 saturated carbocycles. The van der Waals surface area contributed by atoms with Gasteiger partial charge in [0.15, 0.2) is 34.8 Å². The number of hydrogen-bond acceptors (Lipinski definition) is 4. The van der Waals surface area contributed by atoms with Crippen LogP contribution in [-0.2, 0) is 6.61 Å². The van der Waals surface area contributed by atoms with E-state index in [9.17, 15) is 22.0 Å². The van der Waals surface area contributed by atoms with E-state index in [0.717, 1.165) is 16.3 Å². The molecule has 10 heteroatoms. The van der Waals surface area contributed by atoms with Crippen LogP contribution in [0.4, 0.5) is 27.6 Å². The summed E-state index contributed by atoms with van der Waals surface area (Å²) in [5.74, 6) is -9.53. The normalized spacial score (nSPS) is 11.1. The molecule has 0 fully saturated rings. The number of rotatable bonds is 8. The Bertz CT molecular complexity index is 1110. The lowest BCUT2D eigenvalue weighted by molar-refractivity contribution is 0.269. The molecule has 32 heavy (non-hydrogen) atoms. The SMILES string of the molecule is CCOc1cc(/C=N/Nc2c(F)c(F)c(F)c(F)c2F)ccc1OCc1ccc(Br)cc1. The predicted molar refractivity (Wildman–Crippen MR) is 114 cm³/mol. The molecule has 0 atom stereocenters. The van der Waals surface area contributed by atoms with Gasteiger partial charge in [-0.05, 0) is 48.4 Å². The predicted octanol–water partition coefficient (Wildman–Crippen LogP) is 6.57. The molecule has 0 radical (unpaired) electrons. The van der Waals surface area contributed by atoms with Crippen LogP contribution in [0.3, 0.4) is 0 Å². The third-order valence-electron chi connectivity index (χ3n) is 4.17. The van der Waals surface area contributed by atoms with E-state index >= 15 is 0 Å². The number of ether oxygens (including phenoxy) is 2. The molecule has 168 valence electrons. The molecule has 0 saturated heterocycles. The minimum Gasteiger partial charge on any atom is -0.490 e. The van der Waals surface area contributed by atoms with E-state index in [0.29, 0.717) is 30.3 Å².